The number of hydrogen-bond acceptors (Lipinski definition) is 1. The molecule has 1 rings (SSSR count). The highest BCUT2D eigenvalue weighted by Gasteiger charge is 1.97. The fourth-order valence-electron chi connectivity index (χ4n) is 0.994. The number of rotatable bonds is 4. The highest BCUT2D eigenvalue weighted by atomic mass is 35.5. The van der Waals surface area contributed by atoms with E-state index in [0.29, 0.717) is 13.2 Å². The second kappa shape index (κ2) is 5.05. The van der Waals surface area contributed by atoms with Crippen molar-refractivity contribution >= 4 is 17.2 Å². The second-order valence-corrected chi connectivity index (χ2v) is 3.18. The molecule has 0 amide bonds. The zero-order chi connectivity index (χ0) is 9.68. The fraction of sp³-hybridized carbons (Fsp3) is 0.273. The van der Waals surface area contributed by atoms with E-state index >= 15 is 0 Å². The summed E-state index contributed by atoms with van der Waals surface area (Å²) in [6.45, 7) is 7.19. The predicted octanol–water partition coefficient (Wildman–Crippen LogP) is 3.39. The van der Waals surface area contributed by atoms with Crippen LogP contribution in [-0.4, -0.2) is 13.2 Å². The van der Waals surface area contributed by atoms with Crippen molar-refractivity contribution in [1.29, 1.82) is 0 Å². The second-order valence-electron chi connectivity index (χ2n) is 2.75. The van der Waals surface area contributed by atoms with Crippen LogP contribution in [0, 0.1) is 0 Å². The molecule has 0 spiro atoms. The minimum absolute atomic E-state index is 0.581. The minimum atomic E-state index is 0.581. The van der Waals surface area contributed by atoms with Gasteiger partial charge in [-0.1, -0.05) is 30.3 Å². The van der Waals surface area contributed by atoms with Gasteiger partial charge in [-0.15, -0.1) is 0 Å². The van der Waals surface area contributed by atoms with Crippen LogP contribution in [0.5, 0.6) is 0 Å². The largest absolute Gasteiger partial charge is 0.377 e. The molecule has 0 heterocycles. The van der Waals surface area contributed by atoms with Crippen molar-refractivity contribution < 1.29 is 4.74 Å². The Labute approximate surface area is 84.0 Å². The molecule has 0 aliphatic rings. The van der Waals surface area contributed by atoms with Crippen LogP contribution in [0.2, 0.25) is 5.02 Å². The Morgan fingerprint density at radius 1 is 1.38 bits per heavy atom. The first-order valence-electron chi connectivity index (χ1n) is 4.25. The predicted molar refractivity (Wildman–Crippen MR) is 57.0 cm³/mol. The van der Waals surface area contributed by atoms with Gasteiger partial charge < -0.3 is 4.74 Å². The standard InChI is InChI=1S/C11H13ClO/c1-3-13-8-9(2)10-4-6-11(12)7-5-10/h4-7H,2-3,8H2,1H3. The maximum absolute atomic E-state index is 5.76. The van der Waals surface area contributed by atoms with Gasteiger partial charge in [0.2, 0.25) is 0 Å². The summed E-state index contributed by atoms with van der Waals surface area (Å²) in [7, 11) is 0. The average molecular weight is 197 g/mol. The van der Waals surface area contributed by atoms with Gasteiger partial charge in [-0.25, -0.2) is 0 Å². The van der Waals surface area contributed by atoms with Gasteiger partial charge in [0.05, 0.1) is 6.61 Å². The first-order chi connectivity index (χ1) is 6.24. The molecule has 0 aromatic heterocycles. The van der Waals surface area contributed by atoms with Crippen molar-refractivity contribution in [2.75, 3.05) is 13.2 Å². The van der Waals surface area contributed by atoms with Crippen molar-refractivity contribution in [3.05, 3.63) is 41.4 Å². The summed E-state index contributed by atoms with van der Waals surface area (Å²) in [6.07, 6.45) is 0. The van der Waals surface area contributed by atoms with Crippen molar-refractivity contribution in [3.8, 4) is 0 Å². The lowest BCUT2D eigenvalue weighted by Crippen LogP contribution is -1.95. The van der Waals surface area contributed by atoms with Gasteiger partial charge in [0, 0.05) is 11.6 Å². The Kier molecular flexibility index (Phi) is 4.00. The molecule has 0 radical (unpaired) electrons. The van der Waals surface area contributed by atoms with Gasteiger partial charge in [-0.3, -0.25) is 0 Å². The Morgan fingerprint density at radius 3 is 2.54 bits per heavy atom. The molecule has 0 fully saturated rings. The molecule has 0 aliphatic carbocycles. The summed E-state index contributed by atoms with van der Waals surface area (Å²) in [5.74, 6) is 0. The monoisotopic (exact) mass is 196 g/mol. The number of benzene rings is 1. The van der Waals surface area contributed by atoms with Gasteiger partial charge >= 0.3 is 0 Å². The fourth-order valence-corrected chi connectivity index (χ4v) is 1.12. The van der Waals surface area contributed by atoms with E-state index in [4.69, 9.17) is 16.3 Å². The Morgan fingerprint density at radius 2 is 2.00 bits per heavy atom. The summed E-state index contributed by atoms with van der Waals surface area (Å²) < 4.78 is 5.25. The maximum Gasteiger partial charge on any atom is 0.0716 e. The van der Waals surface area contributed by atoms with E-state index in [1.54, 1.807) is 0 Å². The van der Waals surface area contributed by atoms with Gasteiger partial charge in [0.15, 0.2) is 0 Å². The topological polar surface area (TPSA) is 9.23 Å². The van der Waals surface area contributed by atoms with Crippen LogP contribution < -0.4 is 0 Å². The third kappa shape index (κ3) is 3.21. The lowest BCUT2D eigenvalue weighted by Gasteiger charge is -2.05. The summed E-state index contributed by atoms with van der Waals surface area (Å²) in [5.41, 5.74) is 2.07. The van der Waals surface area contributed by atoms with Crippen LogP contribution in [0.25, 0.3) is 5.57 Å². The Hall–Kier alpha value is -0.790. The molecule has 0 N–H and O–H groups in total. The van der Waals surface area contributed by atoms with Gasteiger partial charge in [-0.2, -0.15) is 0 Å². The summed E-state index contributed by atoms with van der Waals surface area (Å²) in [4.78, 5) is 0. The van der Waals surface area contributed by atoms with Crippen molar-refractivity contribution in [2.45, 2.75) is 6.92 Å². The summed E-state index contributed by atoms with van der Waals surface area (Å²) in [6, 6.07) is 7.61. The smallest absolute Gasteiger partial charge is 0.0716 e. The van der Waals surface area contributed by atoms with E-state index in [2.05, 4.69) is 6.58 Å². The SMILES string of the molecule is C=C(COCC)c1ccc(Cl)cc1. The third-order valence-electron chi connectivity index (χ3n) is 1.73. The Balaban J connectivity index is 2.61. The number of hydrogen-bond donors (Lipinski definition) is 0. The molecule has 1 nitrogen and oxygen atoms in total. The zero-order valence-electron chi connectivity index (χ0n) is 7.72. The van der Waals surface area contributed by atoms with Crippen LogP contribution in [0.3, 0.4) is 0 Å². The van der Waals surface area contributed by atoms with Gasteiger partial charge in [-0.05, 0) is 30.2 Å². The molecule has 0 saturated heterocycles. The molecule has 0 atom stereocenters. The molecule has 1 aromatic rings. The molecular weight excluding hydrogens is 184 g/mol. The normalized spacial score (nSPS) is 10.0. The van der Waals surface area contributed by atoms with Gasteiger partial charge in [0.25, 0.3) is 0 Å². The van der Waals surface area contributed by atoms with Crippen LogP contribution in [0.4, 0.5) is 0 Å². The van der Waals surface area contributed by atoms with Crippen LogP contribution >= 0.6 is 11.6 Å². The molecule has 0 saturated carbocycles. The molecule has 2 heteroatoms. The average Bonchev–Trinajstić information content (AvgIpc) is 2.15. The Bertz CT molecular complexity index is 277. The molecule has 0 unspecified atom stereocenters. The lowest BCUT2D eigenvalue weighted by atomic mass is 10.1. The maximum atomic E-state index is 5.76. The van der Waals surface area contributed by atoms with Crippen molar-refractivity contribution in [3.63, 3.8) is 0 Å². The van der Waals surface area contributed by atoms with Crippen molar-refractivity contribution in [1.82, 2.24) is 0 Å². The molecule has 0 aliphatic heterocycles. The van der Waals surface area contributed by atoms with Crippen LogP contribution in [0.1, 0.15) is 12.5 Å². The van der Waals surface area contributed by atoms with E-state index < -0.39 is 0 Å². The van der Waals surface area contributed by atoms with E-state index in [1.165, 1.54) is 0 Å². The minimum Gasteiger partial charge on any atom is -0.377 e. The number of ether oxygens (including phenoxy) is 1. The number of halogens is 1. The summed E-state index contributed by atoms with van der Waals surface area (Å²) in [5, 5.41) is 0.743. The van der Waals surface area contributed by atoms with Crippen LogP contribution in [-0.2, 0) is 4.74 Å². The quantitative estimate of drug-likeness (QED) is 0.718. The zero-order valence-corrected chi connectivity index (χ0v) is 8.47. The first-order valence-corrected chi connectivity index (χ1v) is 4.63. The van der Waals surface area contributed by atoms with Crippen molar-refractivity contribution in [2.24, 2.45) is 0 Å². The first kappa shape index (κ1) is 10.3. The molecule has 1 aromatic carbocycles. The van der Waals surface area contributed by atoms with E-state index in [1.807, 2.05) is 31.2 Å². The lowest BCUT2D eigenvalue weighted by molar-refractivity contribution is 0.183. The highest BCUT2D eigenvalue weighted by Crippen LogP contribution is 2.16. The van der Waals surface area contributed by atoms with E-state index in [9.17, 15) is 0 Å². The highest BCUT2D eigenvalue weighted by molar-refractivity contribution is 6.30. The van der Waals surface area contributed by atoms with E-state index in [-0.39, 0.29) is 0 Å². The molecule has 0 bridgehead atoms. The van der Waals surface area contributed by atoms with Gasteiger partial charge in [0.1, 0.15) is 0 Å². The molecular formula is C11H13ClO. The third-order valence-corrected chi connectivity index (χ3v) is 1.98. The van der Waals surface area contributed by atoms with Crippen LogP contribution in [0.15, 0.2) is 30.8 Å². The molecule has 13 heavy (non-hydrogen) atoms. The van der Waals surface area contributed by atoms with E-state index in [0.717, 1.165) is 16.2 Å². The molecule has 70 valence electrons. The summed E-state index contributed by atoms with van der Waals surface area (Å²) >= 11 is 5.76.